The Morgan fingerprint density at radius 2 is 2.14 bits per heavy atom. The predicted molar refractivity (Wildman–Crippen MR) is 82.7 cm³/mol. The first-order valence-corrected chi connectivity index (χ1v) is 7.58. The zero-order valence-corrected chi connectivity index (χ0v) is 12.7. The van der Waals surface area contributed by atoms with Crippen molar-refractivity contribution in [1.29, 1.82) is 0 Å². The fourth-order valence-corrected chi connectivity index (χ4v) is 2.79. The van der Waals surface area contributed by atoms with Crippen LogP contribution in [-0.2, 0) is 0 Å². The number of nitrogens with one attached hydrogen (secondary N) is 1. The largest absolute Gasteiger partial charge is 0.459 e. The Morgan fingerprint density at radius 3 is 2.82 bits per heavy atom. The quantitative estimate of drug-likeness (QED) is 0.935. The number of hydrogen-bond donors (Lipinski definition) is 1. The van der Waals surface area contributed by atoms with Crippen molar-refractivity contribution >= 4 is 11.7 Å². The van der Waals surface area contributed by atoms with Gasteiger partial charge < -0.3 is 14.6 Å². The van der Waals surface area contributed by atoms with Crippen LogP contribution in [-0.4, -0.2) is 35.5 Å². The summed E-state index contributed by atoms with van der Waals surface area (Å²) >= 11 is 0. The van der Waals surface area contributed by atoms with Gasteiger partial charge in [-0.3, -0.25) is 9.78 Å². The molecule has 0 spiro atoms. The summed E-state index contributed by atoms with van der Waals surface area (Å²) in [5.74, 6) is 1.69. The molecular weight excluding hydrogens is 280 g/mol. The first kappa shape index (κ1) is 14.6. The lowest BCUT2D eigenvalue weighted by atomic mass is 9.96. The molecule has 0 saturated carbocycles. The van der Waals surface area contributed by atoms with Gasteiger partial charge in [0.2, 0.25) is 0 Å². The van der Waals surface area contributed by atoms with E-state index in [1.807, 2.05) is 6.92 Å². The van der Waals surface area contributed by atoms with E-state index in [2.05, 4.69) is 20.2 Å². The van der Waals surface area contributed by atoms with E-state index in [4.69, 9.17) is 4.42 Å². The molecular formula is C16H20N4O2. The second-order valence-corrected chi connectivity index (χ2v) is 5.58. The second-order valence-electron chi connectivity index (χ2n) is 5.58. The van der Waals surface area contributed by atoms with Gasteiger partial charge in [0.05, 0.1) is 12.0 Å². The van der Waals surface area contributed by atoms with Gasteiger partial charge in [0.15, 0.2) is 5.76 Å². The summed E-state index contributed by atoms with van der Waals surface area (Å²) in [6, 6.07) is 3.39. The Hall–Kier alpha value is -2.37. The molecule has 1 saturated heterocycles. The lowest BCUT2D eigenvalue weighted by molar-refractivity contribution is 0.0917. The molecule has 6 nitrogen and oxygen atoms in total. The normalized spacial score (nSPS) is 15.8. The summed E-state index contributed by atoms with van der Waals surface area (Å²) in [5, 5.41) is 2.94. The van der Waals surface area contributed by atoms with E-state index in [0.717, 1.165) is 37.4 Å². The van der Waals surface area contributed by atoms with Crippen molar-refractivity contribution in [3.05, 3.63) is 42.2 Å². The van der Waals surface area contributed by atoms with Crippen LogP contribution in [0.3, 0.4) is 0 Å². The zero-order chi connectivity index (χ0) is 15.4. The van der Waals surface area contributed by atoms with Crippen molar-refractivity contribution in [2.75, 3.05) is 24.5 Å². The molecule has 0 unspecified atom stereocenters. The standard InChI is InChI=1S/C16H20N4O2/c1-12-15(18-7-6-17-12)20-8-4-13(5-9-20)11-19-16(21)14-3-2-10-22-14/h2-3,6-7,10,13H,4-5,8-9,11H2,1H3,(H,19,21). The van der Waals surface area contributed by atoms with Crippen molar-refractivity contribution in [3.8, 4) is 0 Å². The topological polar surface area (TPSA) is 71.3 Å². The van der Waals surface area contributed by atoms with Gasteiger partial charge in [-0.05, 0) is 37.8 Å². The highest BCUT2D eigenvalue weighted by atomic mass is 16.3. The Labute approximate surface area is 129 Å². The third-order valence-electron chi connectivity index (χ3n) is 4.07. The van der Waals surface area contributed by atoms with Gasteiger partial charge in [0, 0.05) is 32.0 Å². The lowest BCUT2D eigenvalue weighted by Gasteiger charge is -2.33. The molecule has 0 bridgehead atoms. The summed E-state index contributed by atoms with van der Waals surface area (Å²) in [6.07, 6.45) is 7.04. The fourth-order valence-electron chi connectivity index (χ4n) is 2.79. The number of rotatable bonds is 4. The number of anilines is 1. The van der Waals surface area contributed by atoms with Crippen LogP contribution in [0.25, 0.3) is 0 Å². The maximum absolute atomic E-state index is 11.8. The van der Waals surface area contributed by atoms with E-state index < -0.39 is 0 Å². The van der Waals surface area contributed by atoms with Crippen LogP contribution in [0.5, 0.6) is 0 Å². The Balaban J connectivity index is 1.48. The maximum atomic E-state index is 11.8. The van der Waals surface area contributed by atoms with Crippen LogP contribution in [0.15, 0.2) is 35.2 Å². The average Bonchev–Trinajstić information content (AvgIpc) is 3.08. The Bertz CT molecular complexity index is 619. The van der Waals surface area contributed by atoms with Crippen LogP contribution in [0.2, 0.25) is 0 Å². The average molecular weight is 300 g/mol. The molecule has 3 rings (SSSR count). The SMILES string of the molecule is Cc1nccnc1N1CCC(CNC(=O)c2ccco2)CC1. The highest BCUT2D eigenvalue weighted by Crippen LogP contribution is 2.22. The molecule has 2 aromatic rings. The number of aryl methyl sites for hydroxylation is 1. The highest BCUT2D eigenvalue weighted by Gasteiger charge is 2.22. The van der Waals surface area contributed by atoms with Crippen LogP contribution in [0.1, 0.15) is 29.1 Å². The van der Waals surface area contributed by atoms with Gasteiger partial charge in [0.25, 0.3) is 5.91 Å². The van der Waals surface area contributed by atoms with Gasteiger partial charge in [0.1, 0.15) is 5.82 Å². The first-order valence-electron chi connectivity index (χ1n) is 7.58. The number of amides is 1. The molecule has 0 radical (unpaired) electrons. The van der Waals surface area contributed by atoms with Gasteiger partial charge in [-0.2, -0.15) is 0 Å². The number of nitrogens with zero attached hydrogens (tertiary/aromatic N) is 3. The summed E-state index contributed by atoms with van der Waals surface area (Å²) < 4.78 is 5.09. The first-order chi connectivity index (χ1) is 10.7. The maximum Gasteiger partial charge on any atom is 0.286 e. The fraction of sp³-hybridized carbons (Fsp3) is 0.438. The third-order valence-corrected chi connectivity index (χ3v) is 4.07. The van der Waals surface area contributed by atoms with Gasteiger partial charge in [-0.15, -0.1) is 0 Å². The van der Waals surface area contributed by atoms with Gasteiger partial charge in [-0.25, -0.2) is 4.98 Å². The van der Waals surface area contributed by atoms with Crippen molar-refractivity contribution in [2.45, 2.75) is 19.8 Å². The Morgan fingerprint density at radius 1 is 1.36 bits per heavy atom. The number of carbonyl (C=O) groups excluding carboxylic acids is 1. The molecule has 2 aromatic heterocycles. The molecule has 0 aromatic carbocycles. The minimum atomic E-state index is -0.141. The summed E-state index contributed by atoms with van der Waals surface area (Å²) in [4.78, 5) is 22.8. The molecule has 1 aliphatic rings. The number of piperidine rings is 1. The van der Waals surface area contributed by atoms with E-state index in [1.165, 1.54) is 6.26 Å². The van der Waals surface area contributed by atoms with Crippen molar-refractivity contribution in [2.24, 2.45) is 5.92 Å². The molecule has 0 aliphatic carbocycles. The number of furan rings is 1. The number of carbonyl (C=O) groups is 1. The molecule has 6 heteroatoms. The van der Waals surface area contributed by atoms with E-state index in [9.17, 15) is 4.79 Å². The van der Waals surface area contributed by atoms with Crippen LogP contribution < -0.4 is 10.2 Å². The third kappa shape index (κ3) is 3.27. The molecule has 1 N–H and O–H groups in total. The summed E-state index contributed by atoms with van der Waals surface area (Å²) in [5.41, 5.74) is 0.965. The van der Waals surface area contributed by atoms with Crippen LogP contribution in [0.4, 0.5) is 5.82 Å². The van der Waals surface area contributed by atoms with E-state index in [0.29, 0.717) is 18.2 Å². The zero-order valence-electron chi connectivity index (χ0n) is 12.7. The smallest absolute Gasteiger partial charge is 0.286 e. The highest BCUT2D eigenvalue weighted by molar-refractivity contribution is 5.91. The molecule has 3 heterocycles. The summed E-state index contributed by atoms with van der Waals surface area (Å²) in [6.45, 7) is 4.56. The van der Waals surface area contributed by atoms with Crippen LogP contribution >= 0.6 is 0 Å². The predicted octanol–water partition coefficient (Wildman–Crippen LogP) is 2.02. The molecule has 1 aliphatic heterocycles. The van der Waals surface area contributed by atoms with Crippen molar-refractivity contribution < 1.29 is 9.21 Å². The minimum absolute atomic E-state index is 0.141. The van der Waals surface area contributed by atoms with E-state index in [-0.39, 0.29) is 5.91 Å². The van der Waals surface area contributed by atoms with Gasteiger partial charge in [-0.1, -0.05) is 0 Å². The molecule has 22 heavy (non-hydrogen) atoms. The number of hydrogen-bond acceptors (Lipinski definition) is 5. The summed E-state index contributed by atoms with van der Waals surface area (Å²) in [7, 11) is 0. The van der Waals surface area contributed by atoms with Crippen LogP contribution in [0, 0.1) is 12.8 Å². The lowest BCUT2D eigenvalue weighted by Crippen LogP contribution is -2.39. The van der Waals surface area contributed by atoms with Gasteiger partial charge >= 0.3 is 0 Å². The Kier molecular flexibility index (Phi) is 4.37. The van der Waals surface area contributed by atoms with Crippen molar-refractivity contribution in [1.82, 2.24) is 15.3 Å². The number of aromatic nitrogens is 2. The van der Waals surface area contributed by atoms with Crippen molar-refractivity contribution in [3.63, 3.8) is 0 Å². The molecule has 116 valence electrons. The molecule has 1 amide bonds. The molecule has 0 atom stereocenters. The van der Waals surface area contributed by atoms with E-state index >= 15 is 0 Å². The monoisotopic (exact) mass is 300 g/mol. The van der Waals surface area contributed by atoms with E-state index in [1.54, 1.807) is 24.5 Å². The second kappa shape index (κ2) is 6.60. The minimum Gasteiger partial charge on any atom is -0.459 e. The molecule has 1 fully saturated rings.